The standard InChI is InChI=1S/C17H29NO/c1-6-18-16(13(2)3)12-11-15-9-7-8-10-17(15)19-14(4)5/h7-10,13-14,16,18H,6,11-12H2,1-5H3. The number of para-hydroxylation sites is 1. The van der Waals surface area contributed by atoms with E-state index in [0.29, 0.717) is 12.0 Å². The van der Waals surface area contributed by atoms with E-state index in [0.717, 1.165) is 25.1 Å². The molecule has 1 N–H and O–H groups in total. The van der Waals surface area contributed by atoms with Crippen LogP contribution in [0.25, 0.3) is 0 Å². The molecule has 0 aromatic heterocycles. The van der Waals surface area contributed by atoms with E-state index >= 15 is 0 Å². The Balaban J connectivity index is 2.65. The predicted molar refractivity (Wildman–Crippen MR) is 82.8 cm³/mol. The number of aryl methyl sites for hydroxylation is 1. The quantitative estimate of drug-likeness (QED) is 0.764. The van der Waals surface area contributed by atoms with Crippen LogP contribution in [-0.4, -0.2) is 18.7 Å². The Bertz CT molecular complexity index is 360. The van der Waals surface area contributed by atoms with Gasteiger partial charge in [0.15, 0.2) is 0 Å². The summed E-state index contributed by atoms with van der Waals surface area (Å²) in [5.74, 6) is 1.70. The number of hydrogen-bond acceptors (Lipinski definition) is 2. The second kappa shape index (κ2) is 8.21. The lowest BCUT2D eigenvalue weighted by atomic mass is 9.96. The zero-order valence-electron chi connectivity index (χ0n) is 13.1. The largest absolute Gasteiger partial charge is 0.491 e. The Kier molecular flexibility index (Phi) is 6.93. The molecule has 0 spiro atoms. The van der Waals surface area contributed by atoms with Gasteiger partial charge >= 0.3 is 0 Å². The van der Waals surface area contributed by atoms with Crippen molar-refractivity contribution < 1.29 is 4.74 Å². The Morgan fingerprint density at radius 3 is 2.37 bits per heavy atom. The molecule has 0 saturated carbocycles. The van der Waals surface area contributed by atoms with Gasteiger partial charge in [0, 0.05) is 6.04 Å². The van der Waals surface area contributed by atoms with Crippen LogP contribution in [0.5, 0.6) is 5.75 Å². The van der Waals surface area contributed by atoms with Crippen molar-refractivity contribution >= 4 is 0 Å². The molecule has 2 nitrogen and oxygen atoms in total. The fourth-order valence-electron chi connectivity index (χ4n) is 2.32. The fraction of sp³-hybridized carbons (Fsp3) is 0.647. The number of hydrogen-bond donors (Lipinski definition) is 1. The first-order valence-corrected chi connectivity index (χ1v) is 7.52. The van der Waals surface area contributed by atoms with Crippen LogP contribution in [-0.2, 0) is 6.42 Å². The topological polar surface area (TPSA) is 21.3 Å². The van der Waals surface area contributed by atoms with Crippen molar-refractivity contribution in [1.82, 2.24) is 5.32 Å². The number of ether oxygens (including phenoxy) is 1. The summed E-state index contributed by atoms with van der Waals surface area (Å²) < 4.78 is 5.88. The van der Waals surface area contributed by atoms with E-state index in [9.17, 15) is 0 Å². The predicted octanol–water partition coefficient (Wildman–Crippen LogP) is 4.04. The van der Waals surface area contributed by atoms with Gasteiger partial charge in [0.1, 0.15) is 5.75 Å². The van der Waals surface area contributed by atoms with Crippen LogP contribution in [0, 0.1) is 5.92 Å². The molecule has 1 aromatic carbocycles. The van der Waals surface area contributed by atoms with Gasteiger partial charge in [-0.3, -0.25) is 0 Å². The van der Waals surface area contributed by atoms with E-state index in [4.69, 9.17) is 4.74 Å². The molecule has 0 amide bonds. The molecule has 0 fully saturated rings. The maximum Gasteiger partial charge on any atom is 0.122 e. The summed E-state index contributed by atoms with van der Waals surface area (Å²) in [6.07, 6.45) is 2.46. The van der Waals surface area contributed by atoms with Crippen molar-refractivity contribution in [1.29, 1.82) is 0 Å². The Hall–Kier alpha value is -1.02. The molecule has 1 unspecified atom stereocenters. The Morgan fingerprint density at radius 1 is 1.11 bits per heavy atom. The molecule has 19 heavy (non-hydrogen) atoms. The summed E-state index contributed by atoms with van der Waals surface area (Å²) in [5.41, 5.74) is 1.32. The van der Waals surface area contributed by atoms with E-state index in [2.05, 4.69) is 58.1 Å². The first kappa shape index (κ1) is 16.0. The lowest BCUT2D eigenvalue weighted by molar-refractivity contribution is 0.239. The highest BCUT2D eigenvalue weighted by Crippen LogP contribution is 2.22. The molecule has 1 atom stereocenters. The molecule has 1 aromatic rings. The van der Waals surface area contributed by atoms with Crippen molar-refractivity contribution in [2.75, 3.05) is 6.54 Å². The van der Waals surface area contributed by atoms with Gasteiger partial charge in [-0.2, -0.15) is 0 Å². The van der Waals surface area contributed by atoms with Crippen LogP contribution in [0.3, 0.4) is 0 Å². The van der Waals surface area contributed by atoms with Gasteiger partial charge in [-0.05, 0) is 50.8 Å². The Morgan fingerprint density at radius 2 is 1.79 bits per heavy atom. The van der Waals surface area contributed by atoms with Crippen molar-refractivity contribution in [2.24, 2.45) is 5.92 Å². The molecule has 0 radical (unpaired) electrons. The van der Waals surface area contributed by atoms with Gasteiger partial charge in [-0.15, -0.1) is 0 Å². The maximum absolute atomic E-state index is 5.88. The van der Waals surface area contributed by atoms with Crippen LogP contribution in [0.2, 0.25) is 0 Å². The summed E-state index contributed by atoms with van der Waals surface area (Å²) >= 11 is 0. The molecule has 2 heteroatoms. The average Bonchev–Trinajstić information content (AvgIpc) is 2.35. The summed E-state index contributed by atoms with van der Waals surface area (Å²) in [6, 6.07) is 8.98. The van der Waals surface area contributed by atoms with Crippen LogP contribution < -0.4 is 10.1 Å². The second-order valence-corrected chi connectivity index (χ2v) is 5.72. The minimum Gasteiger partial charge on any atom is -0.491 e. The van der Waals surface area contributed by atoms with Crippen LogP contribution in [0.4, 0.5) is 0 Å². The third-order valence-corrected chi connectivity index (χ3v) is 3.33. The third-order valence-electron chi connectivity index (χ3n) is 3.33. The highest BCUT2D eigenvalue weighted by molar-refractivity contribution is 5.33. The first-order chi connectivity index (χ1) is 9.04. The van der Waals surface area contributed by atoms with Gasteiger partial charge < -0.3 is 10.1 Å². The van der Waals surface area contributed by atoms with Crippen molar-refractivity contribution in [3.05, 3.63) is 29.8 Å². The average molecular weight is 263 g/mol. The molecule has 0 saturated heterocycles. The molecule has 1 rings (SSSR count). The number of nitrogens with one attached hydrogen (secondary N) is 1. The van der Waals surface area contributed by atoms with Crippen molar-refractivity contribution in [3.8, 4) is 5.75 Å². The van der Waals surface area contributed by atoms with E-state index in [1.54, 1.807) is 0 Å². The highest BCUT2D eigenvalue weighted by Gasteiger charge is 2.13. The minimum absolute atomic E-state index is 0.232. The molecule has 0 aliphatic heterocycles. The summed E-state index contributed by atoms with van der Waals surface area (Å²) in [6.45, 7) is 11.9. The smallest absolute Gasteiger partial charge is 0.122 e. The lowest BCUT2D eigenvalue weighted by Gasteiger charge is -2.22. The lowest BCUT2D eigenvalue weighted by Crippen LogP contribution is -2.34. The zero-order chi connectivity index (χ0) is 14.3. The second-order valence-electron chi connectivity index (χ2n) is 5.72. The van der Waals surface area contributed by atoms with Crippen molar-refractivity contribution in [2.45, 2.75) is 59.6 Å². The van der Waals surface area contributed by atoms with Gasteiger partial charge in [0.25, 0.3) is 0 Å². The molecular formula is C17H29NO. The SMILES string of the molecule is CCNC(CCc1ccccc1OC(C)C)C(C)C. The van der Waals surface area contributed by atoms with Gasteiger partial charge in [0.2, 0.25) is 0 Å². The van der Waals surface area contributed by atoms with Gasteiger partial charge in [-0.1, -0.05) is 39.0 Å². The van der Waals surface area contributed by atoms with Gasteiger partial charge in [0.05, 0.1) is 6.10 Å². The molecule has 0 bridgehead atoms. The first-order valence-electron chi connectivity index (χ1n) is 7.52. The molecular weight excluding hydrogens is 234 g/mol. The van der Waals surface area contributed by atoms with Crippen LogP contribution >= 0.6 is 0 Å². The number of rotatable bonds is 8. The van der Waals surface area contributed by atoms with E-state index in [1.165, 1.54) is 5.56 Å². The third kappa shape index (κ3) is 5.65. The summed E-state index contributed by atoms with van der Waals surface area (Å²) in [7, 11) is 0. The van der Waals surface area contributed by atoms with E-state index in [-0.39, 0.29) is 6.10 Å². The monoisotopic (exact) mass is 263 g/mol. The van der Waals surface area contributed by atoms with Crippen LogP contribution in [0.1, 0.15) is 46.6 Å². The van der Waals surface area contributed by atoms with E-state index < -0.39 is 0 Å². The minimum atomic E-state index is 0.232. The van der Waals surface area contributed by atoms with E-state index in [1.807, 2.05) is 6.07 Å². The summed E-state index contributed by atoms with van der Waals surface area (Å²) in [4.78, 5) is 0. The zero-order valence-corrected chi connectivity index (χ0v) is 13.1. The molecule has 0 heterocycles. The summed E-state index contributed by atoms with van der Waals surface area (Å²) in [5, 5.41) is 3.57. The normalized spacial score (nSPS) is 13.0. The molecule has 108 valence electrons. The number of benzene rings is 1. The molecule has 0 aliphatic rings. The fourth-order valence-corrected chi connectivity index (χ4v) is 2.32. The van der Waals surface area contributed by atoms with Crippen molar-refractivity contribution in [3.63, 3.8) is 0 Å². The van der Waals surface area contributed by atoms with Crippen LogP contribution in [0.15, 0.2) is 24.3 Å². The van der Waals surface area contributed by atoms with Gasteiger partial charge in [-0.25, -0.2) is 0 Å². The highest BCUT2D eigenvalue weighted by atomic mass is 16.5. The maximum atomic E-state index is 5.88. The Labute approximate surface area is 118 Å². The molecule has 0 aliphatic carbocycles.